The normalized spacial score (nSPS) is 14.8. The van der Waals surface area contributed by atoms with E-state index in [1.54, 1.807) is 0 Å². The summed E-state index contributed by atoms with van der Waals surface area (Å²) in [7, 11) is 0. The molecule has 0 unspecified atom stereocenters. The third-order valence-electron chi connectivity index (χ3n) is 4.37. The van der Waals surface area contributed by atoms with Gasteiger partial charge in [-0.05, 0) is 64.3 Å². The third kappa shape index (κ3) is 8.91. The Morgan fingerprint density at radius 1 is 1.04 bits per heavy atom. The van der Waals surface area contributed by atoms with Crippen molar-refractivity contribution in [2.24, 2.45) is 0 Å². The summed E-state index contributed by atoms with van der Waals surface area (Å²) in [5, 5.41) is 5.58. The van der Waals surface area contributed by atoms with Gasteiger partial charge in [0.25, 0.3) is 0 Å². The highest BCUT2D eigenvalue weighted by atomic mass is 16.6. The van der Waals surface area contributed by atoms with Crippen molar-refractivity contribution >= 4 is 12.0 Å². The molecule has 0 saturated carbocycles. The van der Waals surface area contributed by atoms with Gasteiger partial charge in [-0.1, -0.05) is 24.3 Å². The van der Waals surface area contributed by atoms with E-state index < -0.39 is 11.7 Å². The lowest BCUT2D eigenvalue weighted by Crippen LogP contribution is -2.33. The molecule has 1 aromatic carbocycles. The van der Waals surface area contributed by atoms with Crippen molar-refractivity contribution in [3.8, 4) is 0 Å². The SMILES string of the molecule is CC(C)(C)OC(=O)NCCCC(=O)NCc1ccc(CN2CCCC2)cc1. The lowest BCUT2D eigenvalue weighted by molar-refractivity contribution is -0.121. The number of hydrogen-bond donors (Lipinski definition) is 2. The molecule has 2 amide bonds. The number of carbonyl (C=O) groups excluding carboxylic acids is 2. The van der Waals surface area contributed by atoms with Crippen LogP contribution in [-0.2, 0) is 22.6 Å². The predicted molar refractivity (Wildman–Crippen MR) is 106 cm³/mol. The Morgan fingerprint density at radius 2 is 1.67 bits per heavy atom. The highest BCUT2D eigenvalue weighted by Gasteiger charge is 2.15. The number of rotatable bonds is 8. The fourth-order valence-corrected chi connectivity index (χ4v) is 3.00. The van der Waals surface area contributed by atoms with E-state index in [1.165, 1.54) is 31.5 Å². The van der Waals surface area contributed by atoms with Gasteiger partial charge in [0.05, 0.1) is 0 Å². The first-order chi connectivity index (χ1) is 12.8. The Hall–Kier alpha value is -2.08. The minimum Gasteiger partial charge on any atom is -0.444 e. The van der Waals surface area contributed by atoms with Crippen LogP contribution in [0.1, 0.15) is 57.6 Å². The lowest BCUT2D eigenvalue weighted by atomic mass is 10.1. The summed E-state index contributed by atoms with van der Waals surface area (Å²) in [5.74, 6) is -0.0119. The Labute approximate surface area is 162 Å². The minimum atomic E-state index is -0.508. The fourth-order valence-electron chi connectivity index (χ4n) is 3.00. The Morgan fingerprint density at radius 3 is 2.30 bits per heavy atom. The van der Waals surface area contributed by atoms with Gasteiger partial charge in [-0.2, -0.15) is 0 Å². The first-order valence-corrected chi connectivity index (χ1v) is 9.85. The van der Waals surface area contributed by atoms with E-state index in [2.05, 4.69) is 39.8 Å². The van der Waals surface area contributed by atoms with E-state index in [-0.39, 0.29) is 5.91 Å². The predicted octanol–water partition coefficient (Wildman–Crippen LogP) is 3.20. The van der Waals surface area contributed by atoms with Crippen molar-refractivity contribution in [1.29, 1.82) is 0 Å². The first kappa shape index (κ1) is 21.2. The summed E-state index contributed by atoms with van der Waals surface area (Å²) in [6.45, 7) is 9.81. The van der Waals surface area contributed by atoms with Crippen LogP contribution >= 0.6 is 0 Å². The van der Waals surface area contributed by atoms with Crippen molar-refractivity contribution in [3.05, 3.63) is 35.4 Å². The molecule has 0 aromatic heterocycles. The highest BCUT2D eigenvalue weighted by molar-refractivity contribution is 5.76. The van der Waals surface area contributed by atoms with Crippen molar-refractivity contribution in [1.82, 2.24) is 15.5 Å². The molecular weight excluding hydrogens is 342 g/mol. The number of alkyl carbamates (subject to hydrolysis) is 1. The second-order valence-corrected chi connectivity index (χ2v) is 8.11. The van der Waals surface area contributed by atoms with Gasteiger partial charge in [0.1, 0.15) is 5.60 Å². The molecule has 0 spiro atoms. The molecule has 0 radical (unpaired) electrons. The molecular formula is C21H33N3O3. The summed E-state index contributed by atoms with van der Waals surface area (Å²) in [5.41, 5.74) is 1.91. The van der Waals surface area contributed by atoms with Crippen molar-refractivity contribution in [3.63, 3.8) is 0 Å². The van der Waals surface area contributed by atoms with Gasteiger partial charge in [-0.25, -0.2) is 4.79 Å². The molecule has 150 valence electrons. The number of hydrogen-bond acceptors (Lipinski definition) is 4. The standard InChI is InChI=1S/C21H33N3O3/c1-21(2,3)27-20(26)22-12-6-7-19(25)23-15-17-8-10-18(11-9-17)16-24-13-4-5-14-24/h8-11H,4-7,12-16H2,1-3H3,(H,22,26)(H,23,25). The molecule has 1 aromatic rings. The molecule has 2 rings (SSSR count). The number of amides is 2. The second-order valence-electron chi connectivity index (χ2n) is 8.11. The molecule has 6 nitrogen and oxygen atoms in total. The zero-order valence-corrected chi connectivity index (χ0v) is 16.8. The van der Waals surface area contributed by atoms with E-state index in [0.29, 0.717) is 25.9 Å². The van der Waals surface area contributed by atoms with Crippen LogP contribution < -0.4 is 10.6 Å². The van der Waals surface area contributed by atoms with Gasteiger partial charge >= 0.3 is 6.09 Å². The van der Waals surface area contributed by atoms with Crippen LogP contribution in [0.3, 0.4) is 0 Å². The first-order valence-electron chi connectivity index (χ1n) is 9.85. The van der Waals surface area contributed by atoms with E-state index in [9.17, 15) is 9.59 Å². The number of benzene rings is 1. The van der Waals surface area contributed by atoms with Gasteiger partial charge in [0, 0.05) is 26.1 Å². The Bertz CT molecular complexity index is 602. The Balaban J connectivity index is 1.59. The van der Waals surface area contributed by atoms with Crippen molar-refractivity contribution in [2.75, 3.05) is 19.6 Å². The van der Waals surface area contributed by atoms with E-state index in [4.69, 9.17) is 4.74 Å². The average molecular weight is 376 g/mol. The maximum atomic E-state index is 11.9. The Kier molecular flexibility index (Phi) is 8.10. The van der Waals surface area contributed by atoms with Crippen LogP contribution in [0.15, 0.2) is 24.3 Å². The van der Waals surface area contributed by atoms with Crippen LogP contribution in [0.25, 0.3) is 0 Å². The topological polar surface area (TPSA) is 70.7 Å². The summed E-state index contributed by atoms with van der Waals surface area (Å²) < 4.78 is 5.15. The maximum absolute atomic E-state index is 11.9. The number of nitrogens with zero attached hydrogens (tertiary/aromatic N) is 1. The molecule has 2 N–H and O–H groups in total. The average Bonchev–Trinajstić information content (AvgIpc) is 3.09. The minimum absolute atomic E-state index is 0.0119. The molecule has 1 fully saturated rings. The van der Waals surface area contributed by atoms with Crippen LogP contribution in [0, 0.1) is 0 Å². The summed E-state index contributed by atoms with van der Waals surface area (Å²) >= 11 is 0. The van der Waals surface area contributed by atoms with Crippen LogP contribution in [-0.4, -0.2) is 42.1 Å². The van der Waals surface area contributed by atoms with Gasteiger partial charge in [-0.3, -0.25) is 9.69 Å². The van der Waals surface area contributed by atoms with Gasteiger partial charge in [-0.15, -0.1) is 0 Å². The zero-order chi connectivity index (χ0) is 19.7. The second kappa shape index (κ2) is 10.3. The number of nitrogens with one attached hydrogen (secondary N) is 2. The summed E-state index contributed by atoms with van der Waals surface area (Å²) in [4.78, 5) is 25.9. The molecule has 6 heteroatoms. The summed E-state index contributed by atoms with van der Waals surface area (Å²) in [6, 6.07) is 8.45. The van der Waals surface area contributed by atoms with Gasteiger partial charge < -0.3 is 15.4 Å². The number of carbonyl (C=O) groups is 2. The molecule has 1 aliphatic rings. The molecule has 1 heterocycles. The molecule has 0 aliphatic carbocycles. The maximum Gasteiger partial charge on any atom is 0.407 e. The number of likely N-dealkylation sites (tertiary alicyclic amines) is 1. The molecule has 27 heavy (non-hydrogen) atoms. The zero-order valence-electron chi connectivity index (χ0n) is 16.8. The van der Waals surface area contributed by atoms with Crippen LogP contribution in [0.5, 0.6) is 0 Å². The van der Waals surface area contributed by atoms with E-state index in [1.807, 2.05) is 20.8 Å². The molecule has 1 saturated heterocycles. The quantitative estimate of drug-likeness (QED) is 0.685. The largest absolute Gasteiger partial charge is 0.444 e. The van der Waals surface area contributed by atoms with Crippen molar-refractivity contribution < 1.29 is 14.3 Å². The highest BCUT2D eigenvalue weighted by Crippen LogP contribution is 2.13. The molecule has 1 aliphatic heterocycles. The molecule has 0 bridgehead atoms. The fraction of sp³-hybridized carbons (Fsp3) is 0.619. The smallest absolute Gasteiger partial charge is 0.407 e. The monoisotopic (exact) mass is 375 g/mol. The van der Waals surface area contributed by atoms with E-state index in [0.717, 1.165) is 12.1 Å². The van der Waals surface area contributed by atoms with Crippen molar-refractivity contribution in [2.45, 2.75) is 65.1 Å². The third-order valence-corrected chi connectivity index (χ3v) is 4.37. The van der Waals surface area contributed by atoms with Crippen LogP contribution in [0.4, 0.5) is 4.79 Å². The summed E-state index contributed by atoms with van der Waals surface area (Å²) in [6.07, 6.45) is 3.12. The van der Waals surface area contributed by atoms with Gasteiger partial charge in [0.2, 0.25) is 5.91 Å². The van der Waals surface area contributed by atoms with Gasteiger partial charge in [0.15, 0.2) is 0 Å². The lowest BCUT2D eigenvalue weighted by Gasteiger charge is -2.19. The number of ether oxygens (including phenoxy) is 1. The molecule has 0 atom stereocenters. The van der Waals surface area contributed by atoms with E-state index >= 15 is 0 Å². The van der Waals surface area contributed by atoms with Crippen LogP contribution in [0.2, 0.25) is 0 Å².